The Kier molecular flexibility index (Phi) is 10.3. The van der Waals surface area contributed by atoms with E-state index in [2.05, 4.69) is 67.4 Å². The normalized spacial score (nSPS) is 29.5. The summed E-state index contributed by atoms with van der Waals surface area (Å²) in [5.74, 6) is 0.596. The van der Waals surface area contributed by atoms with Gasteiger partial charge in [-0.15, -0.1) is 16.8 Å². The Hall–Kier alpha value is -2.26. The average molecular weight is 633 g/mol. The molecule has 0 aromatic carbocycles. The Labute approximate surface area is 265 Å². The van der Waals surface area contributed by atoms with Crippen molar-refractivity contribution >= 4 is 30.3 Å². The maximum absolute atomic E-state index is 13.8. The topological polar surface area (TPSA) is 157 Å². The summed E-state index contributed by atoms with van der Waals surface area (Å²) < 4.78 is 13.3. The zero-order chi connectivity index (χ0) is 31.6. The number of rotatable bonds is 17. The van der Waals surface area contributed by atoms with Crippen LogP contribution in [-0.4, -0.2) is 65.6 Å². The highest BCUT2D eigenvalue weighted by Gasteiger charge is 2.68. The molecule has 2 bridgehead atoms. The molecule has 6 rings (SSSR count). The molecule has 3 saturated carbocycles. The lowest BCUT2D eigenvalue weighted by molar-refractivity contribution is -0.627. The predicted molar refractivity (Wildman–Crippen MR) is 168 cm³/mol. The molecule has 12 nitrogen and oxygen atoms in total. The van der Waals surface area contributed by atoms with E-state index < -0.39 is 24.5 Å². The molecule has 0 radical (unpaired) electrons. The summed E-state index contributed by atoms with van der Waals surface area (Å²) in [4.78, 5) is 38.9. The van der Waals surface area contributed by atoms with Crippen molar-refractivity contribution in [3.63, 3.8) is 0 Å². The lowest BCUT2D eigenvalue weighted by Gasteiger charge is -2.64. The Morgan fingerprint density at radius 1 is 1.23 bits per heavy atom. The number of hydrogen-bond acceptors (Lipinski definition) is 9. The lowest BCUT2D eigenvalue weighted by atomic mass is 9.43. The summed E-state index contributed by atoms with van der Waals surface area (Å²) in [6.07, 6.45) is 6.17. The summed E-state index contributed by atoms with van der Waals surface area (Å²) in [5, 5.41) is 22.5. The highest BCUT2D eigenvalue weighted by Crippen LogP contribution is 2.65. The maximum atomic E-state index is 13.8. The fraction of sp³-hybridized carbons (Fsp3) is 0.800. The highest BCUT2D eigenvalue weighted by molar-refractivity contribution is 7.09. The third-order valence-corrected chi connectivity index (χ3v) is 11.2. The van der Waals surface area contributed by atoms with Crippen LogP contribution < -0.4 is 21.4 Å². The molecule has 0 spiro atoms. The molecule has 5 aliphatic rings. The maximum Gasteiger partial charge on any atom is 0.481 e. The quantitative estimate of drug-likeness (QED) is 0.0665. The van der Waals surface area contributed by atoms with E-state index in [0.29, 0.717) is 50.0 Å². The van der Waals surface area contributed by atoms with E-state index in [1.807, 2.05) is 6.07 Å². The van der Waals surface area contributed by atoms with Gasteiger partial charge in [0.05, 0.1) is 17.6 Å². The van der Waals surface area contributed by atoms with Gasteiger partial charge in [0.1, 0.15) is 6.04 Å². The molecule has 44 heavy (non-hydrogen) atoms. The van der Waals surface area contributed by atoms with Gasteiger partial charge in [-0.3, -0.25) is 14.9 Å². The fourth-order valence-electron chi connectivity index (χ4n) is 7.59. The zero-order valence-corrected chi connectivity index (χ0v) is 27.5. The van der Waals surface area contributed by atoms with Gasteiger partial charge in [-0.1, -0.05) is 33.8 Å². The molecule has 5 fully saturated rings. The van der Waals surface area contributed by atoms with E-state index in [0.717, 1.165) is 37.2 Å². The number of carbonyl (C=O) groups excluding carboxylic acids is 2. The lowest BCUT2D eigenvalue weighted by Crippen LogP contribution is -2.65. The van der Waals surface area contributed by atoms with Gasteiger partial charge >= 0.3 is 7.12 Å². The first-order valence-corrected chi connectivity index (χ1v) is 17.1. The number of nitrogens with one attached hydrogen (secondary N) is 4. The van der Waals surface area contributed by atoms with Crippen LogP contribution in [0.15, 0.2) is 17.5 Å². The molecule has 3 aliphatic carbocycles. The molecule has 2 amide bonds. The summed E-state index contributed by atoms with van der Waals surface area (Å²) in [5.41, 5.74) is 2.45. The number of hydrazine groups is 2. The molecule has 2 saturated heterocycles. The number of nitrogens with zero attached hydrogens (tertiary/aromatic N) is 2. The van der Waals surface area contributed by atoms with E-state index in [1.54, 1.807) is 11.3 Å². The van der Waals surface area contributed by atoms with Gasteiger partial charge in [-0.25, -0.2) is 10.1 Å². The SMILES string of the molecule is CC(C)C[C@H](NC(=O)[C@H](CCCNC1NN1[N+](=O)[O-])NC(=O)CCCCc1cccs1)B1O[C@@H]2C[C@@H]3C[C@@H](C3(C)C)[C@]2(C)O1. The molecule has 1 aromatic rings. The van der Waals surface area contributed by atoms with Crippen LogP contribution in [0.1, 0.15) is 90.9 Å². The van der Waals surface area contributed by atoms with Crippen molar-refractivity contribution in [1.82, 2.24) is 26.5 Å². The number of thiophene rings is 1. The van der Waals surface area contributed by atoms with E-state index >= 15 is 0 Å². The van der Waals surface area contributed by atoms with E-state index in [9.17, 15) is 19.7 Å². The van der Waals surface area contributed by atoms with E-state index in [4.69, 9.17) is 9.31 Å². The second-order valence-corrected chi connectivity index (χ2v) is 15.2. The number of carbonyl (C=O) groups is 2. The Morgan fingerprint density at radius 3 is 2.68 bits per heavy atom. The van der Waals surface area contributed by atoms with Crippen LogP contribution in [0.3, 0.4) is 0 Å². The minimum Gasteiger partial charge on any atom is -0.404 e. The summed E-state index contributed by atoms with van der Waals surface area (Å²) in [6, 6.07) is 3.40. The number of unbranched alkanes of at least 4 members (excludes halogenated alkanes) is 1. The fourth-order valence-corrected chi connectivity index (χ4v) is 8.34. The summed E-state index contributed by atoms with van der Waals surface area (Å²) >= 11 is 1.72. The van der Waals surface area contributed by atoms with E-state index in [1.165, 1.54) is 4.88 Å². The second kappa shape index (κ2) is 13.6. The van der Waals surface area contributed by atoms with Gasteiger partial charge in [0, 0.05) is 11.3 Å². The summed E-state index contributed by atoms with van der Waals surface area (Å²) in [7, 11) is -0.546. The highest BCUT2D eigenvalue weighted by atomic mass is 32.1. The predicted octanol–water partition coefficient (Wildman–Crippen LogP) is 3.41. The van der Waals surface area contributed by atoms with Crippen molar-refractivity contribution < 1.29 is 23.9 Å². The monoisotopic (exact) mass is 632 g/mol. The molecule has 1 aromatic heterocycles. The van der Waals surface area contributed by atoms with Crippen molar-refractivity contribution in [3.05, 3.63) is 32.5 Å². The minimum atomic E-state index is -0.735. The number of hydrogen-bond donors (Lipinski definition) is 4. The van der Waals surface area contributed by atoms with Crippen LogP contribution in [0.25, 0.3) is 0 Å². The molecule has 2 aliphatic heterocycles. The standard InChI is InChI=1S/C30H49BN6O6S/c1-19(2)16-25(31-42-24-18-20-17-23(29(20,3)4)30(24,5)43-31)34-27(39)22(12-8-14-32-28-35-36(28)37(40)41)33-26(38)13-7-6-10-21-11-9-15-44-21/h9,11,15,19-20,22-25,28,32,35H,6-8,10,12-14,16-18H2,1-5H3,(H,33,38)(H,34,39)/t20-,22-,23-,24+,25-,28?,30-,36?/m0/s1. The molecule has 244 valence electrons. The van der Waals surface area contributed by atoms with Crippen molar-refractivity contribution in [2.45, 2.75) is 122 Å². The molecule has 1 unspecified atom stereocenters. The van der Waals surface area contributed by atoms with Gasteiger partial charge in [-0.2, -0.15) is 0 Å². The third-order valence-electron chi connectivity index (χ3n) is 10.3. The molecule has 3 heterocycles. The first-order chi connectivity index (χ1) is 20.9. The first-order valence-electron chi connectivity index (χ1n) is 16.3. The zero-order valence-electron chi connectivity index (χ0n) is 26.7. The van der Waals surface area contributed by atoms with Crippen LogP contribution in [0.4, 0.5) is 0 Å². The number of aryl methyl sites for hydroxylation is 1. The molecule has 14 heteroatoms. The van der Waals surface area contributed by atoms with Crippen molar-refractivity contribution in [2.24, 2.45) is 23.2 Å². The van der Waals surface area contributed by atoms with Gasteiger partial charge in [0.25, 0.3) is 0 Å². The smallest absolute Gasteiger partial charge is 0.404 e. The van der Waals surface area contributed by atoms with Crippen LogP contribution >= 0.6 is 11.3 Å². The van der Waals surface area contributed by atoms with E-state index in [-0.39, 0.29) is 34.9 Å². The molecule has 4 N–H and O–H groups in total. The van der Waals surface area contributed by atoms with Gasteiger partial charge in [-0.05, 0) is 105 Å². The van der Waals surface area contributed by atoms with Crippen LogP contribution in [0.5, 0.6) is 0 Å². The van der Waals surface area contributed by atoms with Crippen molar-refractivity contribution in [1.29, 1.82) is 0 Å². The van der Waals surface area contributed by atoms with Gasteiger partial charge in [0.2, 0.25) is 18.1 Å². The largest absolute Gasteiger partial charge is 0.481 e. The molecular weight excluding hydrogens is 583 g/mol. The van der Waals surface area contributed by atoms with Crippen LogP contribution in [0, 0.1) is 33.3 Å². The van der Waals surface area contributed by atoms with Crippen LogP contribution in [0.2, 0.25) is 0 Å². The first kappa shape index (κ1) is 33.1. The third kappa shape index (κ3) is 7.41. The average Bonchev–Trinajstić information content (AvgIpc) is 3.37. The number of nitro groups is 1. The van der Waals surface area contributed by atoms with Crippen LogP contribution in [-0.2, 0) is 25.3 Å². The Balaban J connectivity index is 1.18. The number of amides is 2. The second-order valence-electron chi connectivity index (χ2n) is 14.2. The Morgan fingerprint density at radius 2 is 2.02 bits per heavy atom. The molecule has 7 atom stereocenters. The van der Waals surface area contributed by atoms with Gasteiger partial charge in [0.15, 0.2) is 5.03 Å². The summed E-state index contributed by atoms with van der Waals surface area (Å²) in [6.45, 7) is 11.5. The van der Waals surface area contributed by atoms with Crippen molar-refractivity contribution in [2.75, 3.05) is 6.54 Å². The minimum absolute atomic E-state index is 0.0151. The Bertz CT molecular complexity index is 1170. The van der Waals surface area contributed by atoms with Gasteiger partial charge < -0.3 is 19.9 Å². The molecular formula is C30H49BN6O6S. The van der Waals surface area contributed by atoms with Crippen molar-refractivity contribution in [3.8, 4) is 0 Å².